The lowest BCUT2D eigenvalue weighted by atomic mass is 10.1. The molecule has 0 amide bonds. The number of hydrogen-bond donors (Lipinski definition) is 1. The first-order valence-corrected chi connectivity index (χ1v) is 6.04. The predicted molar refractivity (Wildman–Crippen MR) is 66.7 cm³/mol. The van der Waals surface area contributed by atoms with Crippen molar-refractivity contribution in [3.63, 3.8) is 0 Å². The van der Waals surface area contributed by atoms with Crippen LogP contribution >= 0.6 is 11.6 Å². The van der Waals surface area contributed by atoms with Crippen molar-refractivity contribution in [3.05, 3.63) is 11.2 Å². The summed E-state index contributed by atoms with van der Waals surface area (Å²) in [6, 6.07) is 1.76. The molecule has 0 aliphatic heterocycles. The molecule has 1 saturated carbocycles. The second-order valence-corrected chi connectivity index (χ2v) is 4.83. The van der Waals surface area contributed by atoms with Gasteiger partial charge in [-0.2, -0.15) is 4.98 Å². The second kappa shape index (κ2) is 4.87. The molecule has 88 valence electrons. The van der Waals surface area contributed by atoms with Crippen LogP contribution in [0.4, 0.5) is 11.8 Å². The number of hydrogen-bond acceptors (Lipinski definition) is 4. The van der Waals surface area contributed by atoms with Crippen LogP contribution in [-0.2, 0) is 0 Å². The molecule has 16 heavy (non-hydrogen) atoms. The van der Waals surface area contributed by atoms with E-state index in [0.717, 1.165) is 18.3 Å². The number of nitrogens with two attached hydrogens (primary N) is 1. The maximum atomic E-state index is 5.85. The summed E-state index contributed by atoms with van der Waals surface area (Å²) in [5, 5.41) is 0.403. The first kappa shape index (κ1) is 11.5. The third-order valence-electron chi connectivity index (χ3n) is 3.10. The van der Waals surface area contributed by atoms with Crippen LogP contribution in [0.15, 0.2) is 6.07 Å². The molecule has 2 rings (SSSR count). The predicted octanol–water partition coefficient (Wildman–Crippen LogP) is 2.34. The Morgan fingerprint density at radius 2 is 2.12 bits per heavy atom. The molecule has 0 bridgehead atoms. The van der Waals surface area contributed by atoms with Gasteiger partial charge in [-0.3, -0.25) is 0 Å². The van der Waals surface area contributed by atoms with Crippen LogP contribution in [-0.4, -0.2) is 23.6 Å². The van der Waals surface area contributed by atoms with E-state index in [0.29, 0.717) is 5.15 Å². The monoisotopic (exact) mass is 240 g/mol. The van der Waals surface area contributed by atoms with Gasteiger partial charge in [-0.1, -0.05) is 24.4 Å². The lowest BCUT2D eigenvalue weighted by molar-refractivity contribution is 0.545. The molecule has 4 nitrogen and oxygen atoms in total. The molecule has 0 spiro atoms. The van der Waals surface area contributed by atoms with Crippen LogP contribution in [0.1, 0.15) is 25.7 Å². The van der Waals surface area contributed by atoms with Crippen LogP contribution in [0.2, 0.25) is 5.15 Å². The average molecular weight is 241 g/mol. The van der Waals surface area contributed by atoms with Gasteiger partial charge >= 0.3 is 0 Å². The molecule has 1 aromatic heterocycles. The number of nitrogens with zero attached hydrogens (tertiary/aromatic N) is 3. The van der Waals surface area contributed by atoms with Crippen LogP contribution < -0.4 is 10.6 Å². The lowest BCUT2D eigenvalue weighted by Crippen LogP contribution is -2.25. The highest BCUT2D eigenvalue weighted by molar-refractivity contribution is 6.29. The first-order chi connectivity index (χ1) is 7.65. The largest absolute Gasteiger partial charge is 0.368 e. The fourth-order valence-corrected chi connectivity index (χ4v) is 2.48. The van der Waals surface area contributed by atoms with E-state index in [2.05, 4.69) is 14.9 Å². The normalized spacial score (nSPS) is 16.6. The minimum atomic E-state index is 0.237. The van der Waals surface area contributed by atoms with Crippen molar-refractivity contribution in [2.45, 2.75) is 25.7 Å². The van der Waals surface area contributed by atoms with Gasteiger partial charge in [-0.25, -0.2) is 4.98 Å². The van der Waals surface area contributed by atoms with Crippen molar-refractivity contribution >= 4 is 23.4 Å². The zero-order valence-electron chi connectivity index (χ0n) is 9.49. The molecule has 1 aliphatic carbocycles. The summed E-state index contributed by atoms with van der Waals surface area (Å²) in [6.45, 7) is 1.02. The molecule has 5 heteroatoms. The minimum Gasteiger partial charge on any atom is -0.368 e. The molecule has 1 aliphatic rings. The third kappa shape index (κ3) is 2.76. The Kier molecular flexibility index (Phi) is 3.49. The topological polar surface area (TPSA) is 55.0 Å². The van der Waals surface area contributed by atoms with Crippen molar-refractivity contribution in [1.29, 1.82) is 0 Å². The molecular formula is C11H17ClN4. The summed E-state index contributed by atoms with van der Waals surface area (Å²) < 4.78 is 0. The van der Waals surface area contributed by atoms with E-state index in [-0.39, 0.29) is 5.95 Å². The molecule has 2 N–H and O–H groups in total. The minimum absolute atomic E-state index is 0.237. The van der Waals surface area contributed by atoms with E-state index in [1.807, 2.05) is 7.05 Å². The smallest absolute Gasteiger partial charge is 0.223 e. The Balaban J connectivity index is 2.04. The van der Waals surface area contributed by atoms with Crippen molar-refractivity contribution in [1.82, 2.24) is 9.97 Å². The maximum absolute atomic E-state index is 5.85. The van der Waals surface area contributed by atoms with Crippen molar-refractivity contribution in [3.8, 4) is 0 Å². The molecule has 1 aromatic rings. The Bertz CT molecular complexity index is 343. The molecule has 1 fully saturated rings. The Morgan fingerprint density at radius 1 is 1.44 bits per heavy atom. The highest BCUT2D eigenvalue weighted by Gasteiger charge is 2.17. The average Bonchev–Trinajstić information content (AvgIpc) is 2.68. The van der Waals surface area contributed by atoms with Gasteiger partial charge in [-0.05, 0) is 18.8 Å². The molecule has 0 atom stereocenters. The number of anilines is 2. The van der Waals surface area contributed by atoms with Gasteiger partial charge in [0, 0.05) is 19.7 Å². The molecule has 0 unspecified atom stereocenters. The van der Waals surface area contributed by atoms with Crippen molar-refractivity contribution in [2.24, 2.45) is 5.92 Å². The van der Waals surface area contributed by atoms with Crippen LogP contribution in [0.3, 0.4) is 0 Å². The summed E-state index contributed by atoms with van der Waals surface area (Å²) in [6.07, 6.45) is 5.34. The SMILES string of the molecule is CN(CC1CCCC1)c1cc(Cl)nc(N)n1. The van der Waals surface area contributed by atoms with Crippen LogP contribution in [0.5, 0.6) is 0 Å². The highest BCUT2D eigenvalue weighted by atomic mass is 35.5. The summed E-state index contributed by atoms with van der Waals surface area (Å²) in [5.74, 6) is 1.82. The van der Waals surface area contributed by atoms with Crippen LogP contribution in [0.25, 0.3) is 0 Å². The number of rotatable bonds is 3. The molecule has 0 saturated heterocycles. The Labute approximate surface area is 101 Å². The van der Waals surface area contributed by atoms with Crippen LogP contribution in [0, 0.1) is 5.92 Å². The number of aromatic nitrogens is 2. The molecule has 0 radical (unpaired) electrons. The van der Waals surface area contributed by atoms with E-state index in [9.17, 15) is 0 Å². The summed E-state index contributed by atoms with van der Waals surface area (Å²) >= 11 is 5.85. The summed E-state index contributed by atoms with van der Waals surface area (Å²) in [5.41, 5.74) is 5.57. The van der Waals surface area contributed by atoms with E-state index >= 15 is 0 Å². The number of nitrogen functional groups attached to an aromatic ring is 1. The van der Waals surface area contributed by atoms with E-state index in [4.69, 9.17) is 17.3 Å². The van der Waals surface area contributed by atoms with Gasteiger partial charge in [0.1, 0.15) is 11.0 Å². The van der Waals surface area contributed by atoms with Gasteiger partial charge in [-0.15, -0.1) is 0 Å². The second-order valence-electron chi connectivity index (χ2n) is 4.44. The fraction of sp³-hybridized carbons (Fsp3) is 0.636. The van der Waals surface area contributed by atoms with Gasteiger partial charge < -0.3 is 10.6 Å². The zero-order valence-corrected chi connectivity index (χ0v) is 10.2. The number of halogens is 1. The first-order valence-electron chi connectivity index (χ1n) is 5.66. The Hall–Kier alpha value is -1.03. The zero-order chi connectivity index (χ0) is 11.5. The standard InChI is InChI=1S/C11H17ClN4/c1-16(7-8-4-2-3-5-8)10-6-9(12)14-11(13)15-10/h6,8H,2-5,7H2,1H3,(H2,13,14,15). The summed E-state index contributed by atoms with van der Waals surface area (Å²) in [7, 11) is 2.02. The van der Waals surface area contributed by atoms with E-state index < -0.39 is 0 Å². The fourth-order valence-electron chi connectivity index (χ4n) is 2.29. The summed E-state index contributed by atoms with van der Waals surface area (Å²) in [4.78, 5) is 10.1. The Morgan fingerprint density at radius 3 is 2.75 bits per heavy atom. The lowest BCUT2D eigenvalue weighted by Gasteiger charge is -2.22. The molecule has 1 heterocycles. The van der Waals surface area contributed by atoms with Gasteiger partial charge in [0.15, 0.2) is 0 Å². The molecular weight excluding hydrogens is 224 g/mol. The highest BCUT2D eigenvalue weighted by Crippen LogP contribution is 2.26. The van der Waals surface area contributed by atoms with Gasteiger partial charge in [0.2, 0.25) is 5.95 Å². The molecule has 0 aromatic carbocycles. The van der Waals surface area contributed by atoms with E-state index in [1.54, 1.807) is 6.07 Å². The third-order valence-corrected chi connectivity index (χ3v) is 3.29. The maximum Gasteiger partial charge on any atom is 0.223 e. The van der Waals surface area contributed by atoms with E-state index in [1.165, 1.54) is 25.7 Å². The van der Waals surface area contributed by atoms with Gasteiger partial charge in [0.25, 0.3) is 0 Å². The van der Waals surface area contributed by atoms with Crippen molar-refractivity contribution < 1.29 is 0 Å². The van der Waals surface area contributed by atoms with Crippen molar-refractivity contribution in [2.75, 3.05) is 24.2 Å². The van der Waals surface area contributed by atoms with Gasteiger partial charge in [0.05, 0.1) is 0 Å². The quantitative estimate of drug-likeness (QED) is 0.824.